The monoisotopic (exact) mass is 381 g/mol. The molecule has 0 heterocycles. The van der Waals surface area contributed by atoms with Crippen LogP contribution in [0.4, 0.5) is 5.69 Å². The molecule has 0 spiro atoms. The molecular formula is C21H35NO5. The smallest absolute Gasteiger partial charge is 0.158 e. The maximum Gasteiger partial charge on any atom is 0.158 e. The Bertz CT molecular complexity index is 490. The molecule has 1 rings (SSSR count). The van der Waals surface area contributed by atoms with Gasteiger partial charge in [0.05, 0.1) is 33.0 Å². The van der Waals surface area contributed by atoms with Crippen molar-refractivity contribution in [1.82, 2.24) is 0 Å². The van der Waals surface area contributed by atoms with Crippen LogP contribution in [0.25, 0.3) is 0 Å². The largest absolute Gasteiger partial charge is 0.494 e. The van der Waals surface area contributed by atoms with Gasteiger partial charge in [-0.2, -0.15) is 0 Å². The van der Waals surface area contributed by atoms with Crippen molar-refractivity contribution >= 4 is 11.5 Å². The number of nitrogens with one attached hydrogen (secondary N) is 1. The lowest BCUT2D eigenvalue weighted by atomic mass is 10.2. The van der Waals surface area contributed by atoms with Crippen LogP contribution in [0.2, 0.25) is 0 Å². The van der Waals surface area contributed by atoms with Gasteiger partial charge >= 0.3 is 0 Å². The molecule has 0 aliphatic carbocycles. The molecule has 0 atom stereocenters. The van der Waals surface area contributed by atoms with Crippen molar-refractivity contribution in [2.45, 2.75) is 46.1 Å². The number of anilines is 1. The predicted molar refractivity (Wildman–Crippen MR) is 108 cm³/mol. The Balaban J connectivity index is 1.87. The Morgan fingerprint density at radius 2 is 1.48 bits per heavy atom. The summed E-state index contributed by atoms with van der Waals surface area (Å²) in [6.45, 7) is 9.66. The Morgan fingerprint density at radius 1 is 0.889 bits per heavy atom. The summed E-state index contributed by atoms with van der Waals surface area (Å²) in [6.07, 6.45) is 2.42. The molecule has 0 saturated heterocycles. The van der Waals surface area contributed by atoms with Crippen molar-refractivity contribution in [3.63, 3.8) is 0 Å². The maximum atomic E-state index is 11.0. The van der Waals surface area contributed by atoms with E-state index in [0.29, 0.717) is 52.1 Å². The van der Waals surface area contributed by atoms with Crippen molar-refractivity contribution in [3.05, 3.63) is 24.3 Å². The summed E-state index contributed by atoms with van der Waals surface area (Å²) in [5, 5.41) is 3.35. The van der Waals surface area contributed by atoms with Crippen molar-refractivity contribution in [1.29, 1.82) is 0 Å². The van der Waals surface area contributed by atoms with E-state index in [4.69, 9.17) is 18.9 Å². The summed E-state index contributed by atoms with van der Waals surface area (Å²) >= 11 is 0. The lowest BCUT2D eigenvalue weighted by Gasteiger charge is -2.11. The van der Waals surface area contributed by atoms with Gasteiger partial charge in [-0.05, 0) is 51.0 Å². The lowest BCUT2D eigenvalue weighted by Crippen LogP contribution is -2.13. The van der Waals surface area contributed by atoms with Gasteiger partial charge in [-0.3, -0.25) is 4.79 Å². The zero-order chi connectivity index (χ0) is 19.7. The highest BCUT2D eigenvalue weighted by Gasteiger charge is 1.99. The number of hydrogen-bond donors (Lipinski definition) is 1. The molecule has 154 valence electrons. The zero-order valence-electron chi connectivity index (χ0n) is 17.0. The van der Waals surface area contributed by atoms with Gasteiger partial charge in [0, 0.05) is 24.8 Å². The summed E-state index contributed by atoms with van der Waals surface area (Å²) in [7, 11) is 0. The van der Waals surface area contributed by atoms with Gasteiger partial charge in [0.1, 0.15) is 12.4 Å². The number of ketones is 1. The molecule has 0 radical (unpaired) electrons. The number of Topliss-reactive ketones (excluding diaryl/α,β-unsaturated/α-hetero) is 1. The first-order valence-corrected chi connectivity index (χ1v) is 9.86. The zero-order valence-corrected chi connectivity index (χ0v) is 17.0. The van der Waals surface area contributed by atoms with Gasteiger partial charge in [-0.15, -0.1) is 0 Å². The molecular weight excluding hydrogens is 346 g/mol. The van der Waals surface area contributed by atoms with Gasteiger partial charge in [-0.25, -0.2) is 0 Å². The molecule has 1 aromatic rings. The number of rotatable bonds is 17. The average molecular weight is 382 g/mol. The van der Waals surface area contributed by atoms with Gasteiger partial charge in [-0.1, -0.05) is 6.92 Å². The second kappa shape index (κ2) is 15.4. The number of benzene rings is 1. The Kier molecular flexibility index (Phi) is 13.4. The molecule has 1 aromatic carbocycles. The summed E-state index contributed by atoms with van der Waals surface area (Å²) < 4.78 is 21.8. The molecule has 6 heteroatoms. The lowest BCUT2D eigenvalue weighted by molar-refractivity contribution is -0.123. The van der Waals surface area contributed by atoms with Crippen molar-refractivity contribution < 1.29 is 23.7 Å². The average Bonchev–Trinajstić information content (AvgIpc) is 2.66. The Hall–Kier alpha value is -1.63. The number of hydrogen-bond acceptors (Lipinski definition) is 6. The quantitative estimate of drug-likeness (QED) is 0.415. The fourth-order valence-corrected chi connectivity index (χ4v) is 2.20. The van der Waals surface area contributed by atoms with Crippen LogP contribution in [0.1, 0.15) is 40.0 Å². The SMILES string of the molecule is CCC(=O)COCCOCCOCCCCOc1ccc(NC(C)C)cc1. The van der Waals surface area contributed by atoms with E-state index < -0.39 is 0 Å². The molecule has 0 bridgehead atoms. The molecule has 0 fully saturated rings. The van der Waals surface area contributed by atoms with Crippen LogP contribution in [-0.2, 0) is 19.0 Å². The molecule has 0 unspecified atom stereocenters. The number of carbonyl (C=O) groups excluding carboxylic acids is 1. The first-order valence-electron chi connectivity index (χ1n) is 9.86. The van der Waals surface area contributed by atoms with Crippen LogP contribution >= 0.6 is 0 Å². The fraction of sp³-hybridized carbons (Fsp3) is 0.667. The Labute approximate surface area is 163 Å². The minimum Gasteiger partial charge on any atom is -0.494 e. The van der Waals surface area contributed by atoms with Crippen LogP contribution in [0.5, 0.6) is 5.75 Å². The van der Waals surface area contributed by atoms with Crippen LogP contribution in [0.3, 0.4) is 0 Å². The van der Waals surface area contributed by atoms with E-state index in [1.165, 1.54) is 0 Å². The minimum absolute atomic E-state index is 0.113. The van der Waals surface area contributed by atoms with E-state index >= 15 is 0 Å². The summed E-state index contributed by atoms with van der Waals surface area (Å²) in [5.74, 6) is 1.00. The van der Waals surface area contributed by atoms with Gasteiger partial charge in [0.2, 0.25) is 0 Å². The fourth-order valence-electron chi connectivity index (χ4n) is 2.20. The van der Waals surface area contributed by atoms with Gasteiger partial charge in [0.15, 0.2) is 5.78 Å². The first-order chi connectivity index (χ1) is 13.1. The molecule has 0 aliphatic heterocycles. The molecule has 0 saturated carbocycles. The van der Waals surface area contributed by atoms with E-state index in [2.05, 4.69) is 19.2 Å². The number of ether oxygens (including phenoxy) is 4. The van der Waals surface area contributed by atoms with E-state index in [-0.39, 0.29) is 12.4 Å². The topological polar surface area (TPSA) is 66.0 Å². The predicted octanol–water partition coefficient (Wildman–Crippen LogP) is 3.69. The summed E-state index contributed by atoms with van der Waals surface area (Å²) in [6, 6.07) is 8.46. The molecule has 6 nitrogen and oxygen atoms in total. The van der Waals surface area contributed by atoms with E-state index in [0.717, 1.165) is 24.3 Å². The van der Waals surface area contributed by atoms with Gasteiger partial charge in [0.25, 0.3) is 0 Å². The van der Waals surface area contributed by atoms with Crippen molar-refractivity contribution in [2.75, 3.05) is 51.6 Å². The van der Waals surface area contributed by atoms with Crippen molar-refractivity contribution in [2.24, 2.45) is 0 Å². The highest BCUT2D eigenvalue weighted by molar-refractivity contribution is 5.79. The van der Waals surface area contributed by atoms with E-state index in [1.54, 1.807) is 0 Å². The van der Waals surface area contributed by atoms with Crippen LogP contribution in [0.15, 0.2) is 24.3 Å². The minimum atomic E-state index is 0.113. The highest BCUT2D eigenvalue weighted by Crippen LogP contribution is 2.16. The third-order valence-corrected chi connectivity index (χ3v) is 3.66. The second-order valence-corrected chi connectivity index (χ2v) is 6.55. The van der Waals surface area contributed by atoms with Crippen molar-refractivity contribution in [3.8, 4) is 5.75 Å². The number of carbonyl (C=O) groups is 1. The number of unbranched alkanes of at least 4 members (excludes halogenated alkanes) is 1. The normalized spacial score (nSPS) is 11.0. The maximum absolute atomic E-state index is 11.0. The second-order valence-electron chi connectivity index (χ2n) is 6.55. The molecule has 1 N–H and O–H groups in total. The summed E-state index contributed by atoms with van der Waals surface area (Å²) in [5.41, 5.74) is 1.11. The van der Waals surface area contributed by atoms with Gasteiger partial charge < -0.3 is 24.3 Å². The van der Waals surface area contributed by atoms with Crippen LogP contribution < -0.4 is 10.1 Å². The summed E-state index contributed by atoms with van der Waals surface area (Å²) in [4.78, 5) is 11.0. The highest BCUT2D eigenvalue weighted by atomic mass is 16.5. The van der Waals surface area contributed by atoms with E-state index in [1.807, 2.05) is 31.2 Å². The third-order valence-electron chi connectivity index (χ3n) is 3.66. The molecule has 0 aliphatic rings. The van der Waals surface area contributed by atoms with E-state index in [9.17, 15) is 4.79 Å². The van der Waals surface area contributed by atoms with Crippen LogP contribution in [0, 0.1) is 0 Å². The first kappa shape index (κ1) is 23.4. The van der Waals surface area contributed by atoms with Crippen LogP contribution in [-0.4, -0.2) is 58.1 Å². The standard InChI is InChI=1S/C21H35NO5/c1-4-20(23)17-26-16-15-25-14-13-24-11-5-6-12-27-21-9-7-19(8-10-21)22-18(2)3/h7-10,18,22H,4-6,11-17H2,1-3H3. The molecule has 27 heavy (non-hydrogen) atoms. The Morgan fingerprint density at radius 3 is 2.11 bits per heavy atom. The molecule has 0 aromatic heterocycles. The molecule has 0 amide bonds. The third kappa shape index (κ3) is 13.2.